The van der Waals surface area contributed by atoms with Crippen molar-refractivity contribution in [2.24, 2.45) is 0 Å². The Morgan fingerprint density at radius 1 is 1.42 bits per heavy atom. The fourth-order valence-corrected chi connectivity index (χ4v) is 2.91. The van der Waals surface area contributed by atoms with Crippen molar-refractivity contribution in [1.82, 2.24) is 4.98 Å². The maximum Gasteiger partial charge on any atom is 0.358 e. The van der Waals surface area contributed by atoms with Crippen LogP contribution in [0.4, 0.5) is 0 Å². The first-order chi connectivity index (χ1) is 9.02. The van der Waals surface area contributed by atoms with Crippen LogP contribution in [0, 0.1) is 13.8 Å². The fourth-order valence-electron chi connectivity index (χ4n) is 1.63. The highest BCUT2D eigenvalue weighted by Gasteiger charge is 2.17. The SMILES string of the molecule is CCOC(=O)c1nc(-c2ccc(C)c(Br)c2)sc1C. The van der Waals surface area contributed by atoms with Gasteiger partial charge in [0.2, 0.25) is 0 Å². The number of rotatable bonds is 3. The Morgan fingerprint density at radius 3 is 2.79 bits per heavy atom. The van der Waals surface area contributed by atoms with Crippen LogP contribution in [-0.2, 0) is 4.74 Å². The fraction of sp³-hybridized carbons (Fsp3) is 0.286. The third-order valence-electron chi connectivity index (χ3n) is 2.68. The summed E-state index contributed by atoms with van der Waals surface area (Å²) in [5.41, 5.74) is 2.59. The molecule has 100 valence electrons. The zero-order valence-corrected chi connectivity index (χ0v) is 13.4. The van der Waals surface area contributed by atoms with Crippen molar-refractivity contribution in [3.63, 3.8) is 0 Å². The minimum atomic E-state index is -0.353. The molecule has 0 radical (unpaired) electrons. The molecule has 0 N–H and O–H groups in total. The summed E-state index contributed by atoms with van der Waals surface area (Å²) >= 11 is 5.01. The molecule has 2 aromatic rings. The van der Waals surface area contributed by atoms with Crippen molar-refractivity contribution in [2.75, 3.05) is 6.61 Å². The van der Waals surface area contributed by atoms with Crippen LogP contribution in [0.25, 0.3) is 10.6 Å². The molecule has 0 aliphatic rings. The first-order valence-electron chi connectivity index (χ1n) is 5.94. The van der Waals surface area contributed by atoms with Crippen LogP contribution < -0.4 is 0 Å². The summed E-state index contributed by atoms with van der Waals surface area (Å²) in [4.78, 5) is 17.0. The Bertz CT molecular complexity index is 622. The smallest absolute Gasteiger partial charge is 0.358 e. The Morgan fingerprint density at radius 2 is 2.16 bits per heavy atom. The molecule has 0 aliphatic heterocycles. The van der Waals surface area contributed by atoms with Gasteiger partial charge in [0.1, 0.15) is 5.01 Å². The van der Waals surface area contributed by atoms with Gasteiger partial charge in [-0.2, -0.15) is 0 Å². The van der Waals surface area contributed by atoms with Crippen LogP contribution in [0.3, 0.4) is 0 Å². The molecule has 0 bridgehead atoms. The van der Waals surface area contributed by atoms with Crippen LogP contribution in [0.15, 0.2) is 22.7 Å². The van der Waals surface area contributed by atoms with Crippen LogP contribution in [0.5, 0.6) is 0 Å². The van der Waals surface area contributed by atoms with Gasteiger partial charge in [-0.15, -0.1) is 11.3 Å². The van der Waals surface area contributed by atoms with E-state index >= 15 is 0 Å². The van der Waals surface area contributed by atoms with Gasteiger partial charge in [-0.1, -0.05) is 28.1 Å². The zero-order chi connectivity index (χ0) is 14.0. The number of aryl methyl sites for hydroxylation is 2. The molecule has 0 aliphatic carbocycles. The molecule has 2 rings (SSSR count). The van der Waals surface area contributed by atoms with Crippen LogP contribution in [-0.4, -0.2) is 17.6 Å². The number of aromatic nitrogens is 1. The van der Waals surface area contributed by atoms with Crippen molar-refractivity contribution in [3.8, 4) is 10.6 Å². The average molecular weight is 340 g/mol. The Hall–Kier alpha value is -1.20. The predicted octanol–water partition coefficient (Wildman–Crippen LogP) is 4.37. The normalized spacial score (nSPS) is 10.5. The van der Waals surface area contributed by atoms with Gasteiger partial charge in [-0.3, -0.25) is 0 Å². The molecule has 0 unspecified atom stereocenters. The number of halogens is 1. The van der Waals surface area contributed by atoms with Gasteiger partial charge in [-0.05, 0) is 32.4 Å². The van der Waals surface area contributed by atoms with Gasteiger partial charge in [0.15, 0.2) is 5.69 Å². The molecule has 1 aromatic heterocycles. The number of ether oxygens (including phenoxy) is 1. The number of benzene rings is 1. The molecule has 1 heterocycles. The van der Waals surface area contributed by atoms with Crippen molar-refractivity contribution >= 4 is 33.2 Å². The highest BCUT2D eigenvalue weighted by molar-refractivity contribution is 9.10. The lowest BCUT2D eigenvalue weighted by Gasteiger charge is -2.00. The third-order valence-corrected chi connectivity index (χ3v) is 4.56. The number of carbonyl (C=O) groups is 1. The Labute approximate surface area is 124 Å². The van der Waals surface area contributed by atoms with E-state index < -0.39 is 0 Å². The molecule has 0 amide bonds. The second-order valence-corrected chi connectivity index (χ2v) is 6.17. The maximum atomic E-state index is 11.7. The quantitative estimate of drug-likeness (QED) is 0.779. The summed E-state index contributed by atoms with van der Waals surface area (Å²) in [5, 5.41) is 0.834. The number of thiazole rings is 1. The van der Waals surface area contributed by atoms with E-state index in [4.69, 9.17) is 4.74 Å². The lowest BCUT2D eigenvalue weighted by Crippen LogP contribution is -2.06. The highest BCUT2D eigenvalue weighted by Crippen LogP contribution is 2.30. The topological polar surface area (TPSA) is 39.2 Å². The minimum absolute atomic E-state index is 0.353. The largest absolute Gasteiger partial charge is 0.461 e. The van der Waals surface area contributed by atoms with Gasteiger partial charge in [-0.25, -0.2) is 9.78 Å². The molecular formula is C14H14BrNO2S. The van der Waals surface area contributed by atoms with Crippen molar-refractivity contribution in [3.05, 3.63) is 38.8 Å². The molecule has 19 heavy (non-hydrogen) atoms. The molecule has 0 saturated heterocycles. The van der Waals surface area contributed by atoms with Crippen molar-refractivity contribution in [2.45, 2.75) is 20.8 Å². The highest BCUT2D eigenvalue weighted by atomic mass is 79.9. The van der Waals surface area contributed by atoms with Gasteiger partial charge < -0.3 is 4.74 Å². The lowest BCUT2D eigenvalue weighted by molar-refractivity contribution is 0.0519. The van der Waals surface area contributed by atoms with Crippen LogP contribution in [0.2, 0.25) is 0 Å². The molecule has 0 fully saturated rings. The molecule has 0 saturated carbocycles. The first kappa shape index (κ1) is 14.2. The second-order valence-electron chi connectivity index (χ2n) is 4.11. The van der Waals surface area contributed by atoms with Gasteiger partial charge in [0.25, 0.3) is 0 Å². The van der Waals surface area contributed by atoms with E-state index in [1.165, 1.54) is 16.9 Å². The first-order valence-corrected chi connectivity index (χ1v) is 7.55. The summed E-state index contributed by atoms with van der Waals surface area (Å²) < 4.78 is 6.03. The maximum absolute atomic E-state index is 11.7. The van der Waals surface area contributed by atoms with Gasteiger partial charge >= 0.3 is 5.97 Å². The van der Waals surface area contributed by atoms with E-state index in [2.05, 4.69) is 20.9 Å². The number of nitrogens with zero attached hydrogens (tertiary/aromatic N) is 1. The van der Waals surface area contributed by atoms with Crippen molar-refractivity contribution in [1.29, 1.82) is 0 Å². The summed E-state index contributed by atoms with van der Waals surface area (Å²) in [5.74, 6) is -0.353. The lowest BCUT2D eigenvalue weighted by atomic mass is 10.2. The summed E-state index contributed by atoms with van der Waals surface area (Å²) in [6.07, 6.45) is 0. The van der Waals surface area contributed by atoms with E-state index in [0.717, 1.165) is 19.9 Å². The van der Waals surface area contributed by atoms with Gasteiger partial charge in [0, 0.05) is 14.9 Å². The van der Waals surface area contributed by atoms with E-state index in [-0.39, 0.29) is 5.97 Å². The molecule has 3 nitrogen and oxygen atoms in total. The third kappa shape index (κ3) is 3.04. The zero-order valence-electron chi connectivity index (χ0n) is 11.0. The molecular weight excluding hydrogens is 326 g/mol. The Balaban J connectivity index is 2.38. The van der Waals surface area contributed by atoms with E-state index in [0.29, 0.717) is 12.3 Å². The van der Waals surface area contributed by atoms with E-state index in [9.17, 15) is 4.79 Å². The summed E-state index contributed by atoms with van der Waals surface area (Å²) in [6, 6.07) is 6.05. The number of carbonyl (C=O) groups excluding carboxylic acids is 1. The second kappa shape index (κ2) is 5.84. The van der Waals surface area contributed by atoms with Gasteiger partial charge in [0.05, 0.1) is 6.61 Å². The Kier molecular flexibility index (Phi) is 4.37. The average Bonchev–Trinajstić information content (AvgIpc) is 2.75. The molecule has 0 atom stereocenters. The number of hydrogen-bond donors (Lipinski definition) is 0. The predicted molar refractivity (Wildman–Crippen MR) is 80.7 cm³/mol. The molecule has 1 aromatic carbocycles. The van der Waals surface area contributed by atoms with E-state index in [1.54, 1.807) is 6.92 Å². The summed E-state index contributed by atoms with van der Waals surface area (Å²) in [6.45, 7) is 6.07. The van der Waals surface area contributed by atoms with Crippen LogP contribution >= 0.6 is 27.3 Å². The standard InChI is InChI=1S/C14H14BrNO2S/c1-4-18-14(17)12-9(3)19-13(16-12)10-6-5-8(2)11(15)7-10/h5-7H,4H2,1-3H3. The van der Waals surface area contributed by atoms with Crippen molar-refractivity contribution < 1.29 is 9.53 Å². The summed E-state index contributed by atoms with van der Waals surface area (Å²) in [7, 11) is 0. The number of hydrogen-bond acceptors (Lipinski definition) is 4. The molecule has 0 spiro atoms. The number of esters is 1. The molecule has 5 heteroatoms. The van der Waals surface area contributed by atoms with E-state index in [1.807, 2.05) is 32.0 Å². The minimum Gasteiger partial charge on any atom is -0.461 e. The monoisotopic (exact) mass is 339 g/mol. The van der Waals surface area contributed by atoms with Crippen LogP contribution in [0.1, 0.15) is 27.9 Å².